The van der Waals surface area contributed by atoms with E-state index >= 15 is 0 Å². The maximum Gasteiger partial charge on any atom is 0.179 e. The Labute approximate surface area is 409 Å². The lowest BCUT2D eigenvalue weighted by Gasteiger charge is -2.34. The second kappa shape index (κ2) is 17.1. The van der Waals surface area contributed by atoms with Crippen LogP contribution in [0.4, 0.5) is 0 Å². The molecule has 0 bridgehead atoms. The number of hydrogen-bond donors (Lipinski definition) is 0. The van der Waals surface area contributed by atoms with Gasteiger partial charge in [0.2, 0.25) is 0 Å². The zero-order chi connectivity index (χ0) is 46.5. The number of aromatic nitrogens is 4. The summed E-state index contributed by atoms with van der Waals surface area (Å²) in [6.45, 7) is 0. The van der Waals surface area contributed by atoms with E-state index in [0.717, 1.165) is 55.0 Å². The van der Waals surface area contributed by atoms with Crippen molar-refractivity contribution in [3.63, 3.8) is 0 Å². The highest BCUT2D eigenvalue weighted by atomic mass is 28.3. The molecule has 9 aromatic carbocycles. The van der Waals surface area contributed by atoms with Gasteiger partial charge in [-0.15, -0.1) is 0 Å². The van der Waals surface area contributed by atoms with Crippen LogP contribution in [0.5, 0.6) is 0 Å². The normalized spacial score (nSPS) is 12.0. The molecule has 0 spiro atoms. The molecule has 0 N–H and O–H groups in total. The maximum atomic E-state index is 4.83. The Morgan fingerprint density at radius 3 is 1.04 bits per heavy atom. The highest BCUT2D eigenvalue weighted by molar-refractivity contribution is 7.20. The molecule has 0 aliphatic heterocycles. The van der Waals surface area contributed by atoms with Gasteiger partial charge >= 0.3 is 0 Å². The zero-order valence-electron chi connectivity index (χ0n) is 38.3. The number of rotatable bonds is 10. The van der Waals surface area contributed by atoms with Crippen LogP contribution in [0.3, 0.4) is 0 Å². The highest BCUT2D eigenvalue weighted by Gasteiger charge is 2.43. The first-order valence-corrected chi connectivity index (χ1v) is 28.0. The van der Waals surface area contributed by atoms with Crippen LogP contribution in [0.2, 0.25) is 0 Å². The van der Waals surface area contributed by atoms with Crippen molar-refractivity contribution in [3.05, 3.63) is 280 Å². The summed E-state index contributed by atoms with van der Waals surface area (Å²) in [6, 6.07) is 94.7. The number of pyridine rings is 2. The Kier molecular flexibility index (Phi) is 10.2. The van der Waals surface area contributed by atoms with Crippen molar-refractivity contribution in [1.29, 1.82) is 0 Å². The second-order valence-electron chi connectivity index (χ2n) is 18.1. The van der Waals surface area contributed by atoms with Crippen molar-refractivity contribution >= 4 is 101 Å². The maximum absolute atomic E-state index is 4.83. The third kappa shape index (κ3) is 6.34. The quantitative estimate of drug-likeness (QED) is 0.101. The molecule has 70 heavy (non-hydrogen) atoms. The summed E-state index contributed by atoms with van der Waals surface area (Å²) in [4.78, 5) is 9.56. The van der Waals surface area contributed by atoms with Gasteiger partial charge in [0.15, 0.2) is 16.1 Å². The topological polar surface area (TPSA) is 35.6 Å². The number of nitrogens with zero attached hydrogens (tertiary/aromatic N) is 4. The summed E-state index contributed by atoms with van der Waals surface area (Å²) in [5.41, 5.74) is 6.68. The molecule has 13 aromatic rings. The minimum absolute atomic E-state index is 1.10. The van der Waals surface area contributed by atoms with Gasteiger partial charge in [0, 0.05) is 57.7 Å². The van der Waals surface area contributed by atoms with Gasteiger partial charge in [-0.3, -0.25) is 9.97 Å². The van der Waals surface area contributed by atoms with E-state index in [0.29, 0.717) is 0 Å². The lowest BCUT2D eigenvalue weighted by molar-refractivity contribution is 1.17. The predicted octanol–water partition coefficient (Wildman–Crippen LogP) is 9.43. The van der Waals surface area contributed by atoms with Crippen LogP contribution in [-0.4, -0.2) is 35.2 Å². The summed E-state index contributed by atoms with van der Waals surface area (Å²) in [7, 11) is -5.67. The van der Waals surface area contributed by atoms with Gasteiger partial charge in [-0.1, -0.05) is 212 Å². The summed E-state index contributed by atoms with van der Waals surface area (Å²) in [5.74, 6) is 0. The summed E-state index contributed by atoms with van der Waals surface area (Å²) in [5, 5.41) is 15.2. The first kappa shape index (κ1) is 41.5. The van der Waals surface area contributed by atoms with Crippen molar-refractivity contribution in [3.8, 4) is 11.4 Å². The molecule has 13 rings (SSSR count). The van der Waals surface area contributed by atoms with Crippen LogP contribution in [0.1, 0.15) is 0 Å². The van der Waals surface area contributed by atoms with Gasteiger partial charge in [0.05, 0.1) is 22.1 Å². The molecule has 4 heterocycles. The Bertz CT molecular complexity index is 3800. The van der Waals surface area contributed by atoms with E-state index in [-0.39, 0.29) is 0 Å². The van der Waals surface area contributed by atoms with Crippen LogP contribution < -0.4 is 41.5 Å². The molecule has 0 saturated carbocycles. The monoisotopic (exact) mass is 926 g/mol. The molecular formula is C64H46N4Si2. The molecule has 0 atom stereocenters. The minimum Gasteiger partial charge on any atom is -0.309 e. The van der Waals surface area contributed by atoms with Gasteiger partial charge in [0.25, 0.3) is 0 Å². The molecule has 0 radical (unpaired) electrons. The lowest BCUT2D eigenvalue weighted by Crippen LogP contribution is -2.74. The fourth-order valence-corrected chi connectivity index (χ4v) is 21.3. The molecule has 0 amide bonds. The second-order valence-corrected chi connectivity index (χ2v) is 25.7. The third-order valence-electron chi connectivity index (χ3n) is 14.6. The van der Waals surface area contributed by atoms with E-state index in [1.165, 1.54) is 41.5 Å². The Morgan fingerprint density at radius 2 is 0.629 bits per heavy atom. The van der Waals surface area contributed by atoms with Gasteiger partial charge < -0.3 is 9.13 Å². The Balaban J connectivity index is 1.09. The fourth-order valence-electron chi connectivity index (χ4n) is 11.7. The number of benzene rings is 9. The summed E-state index contributed by atoms with van der Waals surface area (Å²) >= 11 is 0. The molecule has 330 valence electrons. The summed E-state index contributed by atoms with van der Waals surface area (Å²) in [6.07, 6.45) is 7.94. The molecule has 0 saturated heterocycles. The molecule has 4 aromatic heterocycles. The van der Waals surface area contributed by atoms with Crippen LogP contribution in [0.15, 0.2) is 280 Å². The minimum atomic E-state index is -2.85. The van der Waals surface area contributed by atoms with Crippen molar-refractivity contribution in [1.82, 2.24) is 19.1 Å². The van der Waals surface area contributed by atoms with Gasteiger partial charge in [-0.05, 0) is 84.0 Å². The molecule has 0 unspecified atom stereocenters. The molecule has 0 aliphatic rings. The van der Waals surface area contributed by atoms with E-state index in [2.05, 4.69) is 270 Å². The van der Waals surface area contributed by atoms with Gasteiger partial charge in [0.1, 0.15) is 0 Å². The molecule has 6 heteroatoms. The van der Waals surface area contributed by atoms with Gasteiger partial charge in [-0.25, -0.2) is 0 Å². The Hall–Kier alpha value is -8.69. The first-order valence-electron chi connectivity index (χ1n) is 24.0. The van der Waals surface area contributed by atoms with E-state index in [1.54, 1.807) is 0 Å². The molecular weight excluding hydrogens is 881 g/mol. The van der Waals surface area contributed by atoms with Crippen LogP contribution >= 0.6 is 0 Å². The number of fused-ring (bicyclic) bond motifs is 7. The highest BCUT2D eigenvalue weighted by Crippen LogP contribution is 2.41. The van der Waals surface area contributed by atoms with Crippen LogP contribution in [-0.2, 0) is 0 Å². The van der Waals surface area contributed by atoms with Crippen molar-refractivity contribution in [2.75, 3.05) is 0 Å². The fraction of sp³-hybridized carbons (Fsp3) is 0. The summed E-state index contributed by atoms with van der Waals surface area (Å²) < 4.78 is 4.95. The van der Waals surface area contributed by atoms with E-state index in [4.69, 9.17) is 9.97 Å². The Morgan fingerprint density at radius 1 is 0.271 bits per heavy atom. The number of hydrogen-bond acceptors (Lipinski definition) is 2. The van der Waals surface area contributed by atoms with Crippen molar-refractivity contribution in [2.45, 2.75) is 0 Å². The molecule has 0 aliphatic carbocycles. The molecule has 4 nitrogen and oxygen atoms in total. The van der Waals surface area contributed by atoms with E-state index in [1.807, 2.05) is 18.6 Å². The lowest BCUT2D eigenvalue weighted by atomic mass is 10.1. The standard InChI is InChI=1S/C64H46N4Si2/c1-7-23-49(24-8-1)69(50-25-9-2-10-26-50,51-27-11-3-12-28-51)55-35-19-21-47(43-55)67-61-40-42-66-46-59(61)63-62(67)38-37-57-58-45-65-41-39-60(58)68(64(57)63)48-22-20-36-56(44-48)70(52-29-13-4-14-30-52,53-31-15-5-16-32-53)54-33-17-6-18-34-54/h1-46H. The largest absolute Gasteiger partial charge is 0.309 e. The van der Waals surface area contributed by atoms with E-state index < -0.39 is 16.1 Å². The first-order chi connectivity index (χ1) is 34.8. The average Bonchev–Trinajstić information content (AvgIpc) is 3.97. The van der Waals surface area contributed by atoms with E-state index in [9.17, 15) is 0 Å². The molecule has 0 fully saturated rings. The third-order valence-corrected chi connectivity index (χ3v) is 24.1. The van der Waals surface area contributed by atoms with Crippen LogP contribution in [0.25, 0.3) is 55.0 Å². The van der Waals surface area contributed by atoms with Gasteiger partial charge in [-0.2, -0.15) is 0 Å². The predicted molar refractivity (Wildman–Crippen MR) is 298 cm³/mol. The SMILES string of the molecule is c1ccc([Si](c2ccccc2)(c2ccccc2)c2cccc(-n3c4ccncc4c4c3ccc3c5cnccc5n(-c5cccc([Si](c6ccccc6)(c6ccccc6)c6ccccc6)c5)c34)c2)cc1. The van der Waals surface area contributed by atoms with Crippen molar-refractivity contribution in [2.24, 2.45) is 0 Å². The smallest absolute Gasteiger partial charge is 0.179 e. The van der Waals surface area contributed by atoms with Crippen molar-refractivity contribution < 1.29 is 0 Å². The average molecular weight is 927 g/mol. The van der Waals surface area contributed by atoms with Crippen LogP contribution in [0, 0.1) is 0 Å². The zero-order valence-corrected chi connectivity index (χ0v) is 40.3.